The van der Waals surface area contributed by atoms with Gasteiger partial charge in [-0.05, 0) is 50.6 Å². The van der Waals surface area contributed by atoms with Crippen LogP contribution in [0.25, 0.3) is 5.69 Å². The van der Waals surface area contributed by atoms with Crippen LogP contribution in [0.1, 0.15) is 31.9 Å². The monoisotopic (exact) mass is 374 g/mol. The van der Waals surface area contributed by atoms with Gasteiger partial charge in [-0.3, -0.25) is 4.90 Å². The van der Waals surface area contributed by atoms with E-state index < -0.39 is 11.7 Å². The minimum Gasteiger partial charge on any atom is -0.443 e. The fraction of sp³-hybridized carbons (Fsp3) is 0.227. The zero-order valence-corrected chi connectivity index (χ0v) is 16.2. The Labute approximate surface area is 164 Å². The summed E-state index contributed by atoms with van der Waals surface area (Å²) in [5, 5.41) is 13.5. The van der Waals surface area contributed by atoms with E-state index in [2.05, 4.69) is 11.2 Å². The summed E-state index contributed by atoms with van der Waals surface area (Å²) in [6, 6.07) is 18.9. The number of hydrogen-bond donors (Lipinski definition) is 0. The molecule has 0 aliphatic carbocycles. The molecule has 0 radical (unpaired) electrons. The fourth-order valence-corrected chi connectivity index (χ4v) is 2.67. The number of aromatic nitrogens is 2. The highest BCUT2D eigenvalue weighted by atomic mass is 16.6. The Kier molecular flexibility index (Phi) is 5.46. The molecule has 0 bridgehead atoms. The first-order chi connectivity index (χ1) is 13.4. The first-order valence-corrected chi connectivity index (χ1v) is 8.95. The van der Waals surface area contributed by atoms with Crippen LogP contribution in [0.3, 0.4) is 0 Å². The van der Waals surface area contributed by atoms with Gasteiger partial charge in [-0.15, -0.1) is 0 Å². The minimum atomic E-state index is -0.626. The minimum absolute atomic E-state index is 0.269. The summed E-state index contributed by atoms with van der Waals surface area (Å²) < 4.78 is 7.29. The highest BCUT2D eigenvalue weighted by molar-refractivity contribution is 5.87. The van der Waals surface area contributed by atoms with Gasteiger partial charge in [-0.25, -0.2) is 9.48 Å². The molecule has 1 aromatic heterocycles. The van der Waals surface area contributed by atoms with Crippen molar-refractivity contribution in [1.82, 2.24) is 9.78 Å². The first-order valence-electron chi connectivity index (χ1n) is 8.95. The number of nitriles is 1. The second-order valence-corrected chi connectivity index (χ2v) is 7.36. The molecule has 0 saturated heterocycles. The molecule has 0 aliphatic rings. The Bertz CT molecular complexity index is 997. The molecule has 0 atom stereocenters. The maximum absolute atomic E-state index is 12.9. The lowest BCUT2D eigenvalue weighted by Crippen LogP contribution is -2.36. The van der Waals surface area contributed by atoms with Crippen molar-refractivity contribution in [3.8, 4) is 11.8 Å². The average Bonchev–Trinajstić information content (AvgIpc) is 3.15. The van der Waals surface area contributed by atoms with Crippen LogP contribution < -0.4 is 4.90 Å². The van der Waals surface area contributed by atoms with Gasteiger partial charge >= 0.3 is 6.09 Å². The van der Waals surface area contributed by atoms with Crippen LogP contribution in [0.2, 0.25) is 0 Å². The van der Waals surface area contributed by atoms with Crippen LogP contribution >= 0.6 is 0 Å². The number of benzene rings is 2. The highest BCUT2D eigenvalue weighted by Gasteiger charge is 2.25. The van der Waals surface area contributed by atoms with Gasteiger partial charge in [-0.2, -0.15) is 10.4 Å². The summed E-state index contributed by atoms with van der Waals surface area (Å²) in [5.41, 5.74) is 2.25. The van der Waals surface area contributed by atoms with Crippen molar-refractivity contribution in [3.05, 3.63) is 78.1 Å². The molecule has 142 valence electrons. The van der Waals surface area contributed by atoms with Gasteiger partial charge < -0.3 is 4.74 Å². The number of nitrogens with zero attached hydrogens (tertiary/aromatic N) is 4. The summed E-state index contributed by atoms with van der Waals surface area (Å²) in [6.45, 7) is 5.75. The molecule has 0 unspecified atom stereocenters. The van der Waals surface area contributed by atoms with Crippen molar-refractivity contribution in [2.75, 3.05) is 4.90 Å². The highest BCUT2D eigenvalue weighted by Crippen LogP contribution is 2.22. The van der Waals surface area contributed by atoms with E-state index in [1.165, 1.54) is 4.90 Å². The molecule has 0 N–H and O–H groups in total. The van der Waals surface area contributed by atoms with Crippen LogP contribution in [0.5, 0.6) is 0 Å². The van der Waals surface area contributed by atoms with E-state index in [-0.39, 0.29) is 6.54 Å². The van der Waals surface area contributed by atoms with Crippen molar-refractivity contribution in [3.63, 3.8) is 0 Å². The molecular formula is C22H22N4O2. The summed E-state index contributed by atoms with van der Waals surface area (Å²) in [4.78, 5) is 14.4. The van der Waals surface area contributed by atoms with Crippen LogP contribution in [0, 0.1) is 11.3 Å². The third kappa shape index (κ3) is 4.77. The van der Waals surface area contributed by atoms with E-state index in [0.717, 1.165) is 11.3 Å². The molecular weight excluding hydrogens is 352 g/mol. The van der Waals surface area contributed by atoms with Crippen LogP contribution in [-0.4, -0.2) is 21.5 Å². The summed E-state index contributed by atoms with van der Waals surface area (Å²) in [6.07, 6.45) is 2.95. The molecule has 6 heteroatoms. The lowest BCUT2D eigenvalue weighted by atomic mass is 10.1. The van der Waals surface area contributed by atoms with Crippen molar-refractivity contribution in [2.24, 2.45) is 0 Å². The lowest BCUT2D eigenvalue weighted by Gasteiger charge is -2.26. The summed E-state index contributed by atoms with van der Waals surface area (Å²) in [5.74, 6) is 0. The maximum atomic E-state index is 12.9. The van der Waals surface area contributed by atoms with Gasteiger partial charge in [0.1, 0.15) is 5.60 Å². The topological polar surface area (TPSA) is 71.2 Å². The Hall–Kier alpha value is -3.59. The quantitative estimate of drug-likeness (QED) is 0.664. The molecule has 28 heavy (non-hydrogen) atoms. The van der Waals surface area contributed by atoms with E-state index in [1.807, 2.05) is 57.2 Å². The van der Waals surface area contributed by atoms with Crippen molar-refractivity contribution < 1.29 is 9.53 Å². The standard InChI is InChI=1S/C22H22N4O2/c1-22(2,3)28-21(27)25(15-18-9-7-8-17(12-18)13-23)20-14-24-26(16-20)19-10-5-4-6-11-19/h4-12,14,16H,15H2,1-3H3. The number of carbonyl (C=O) groups is 1. The first kappa shape index (κ1) is 19.2. The zero-order chi connectivity index (χ0) is 20.1. The molecule has 3 aromatic rings. The van der Waals surface area contributed by atoms with Gasteiger partial charge in [0, 0.05) is 0 Å². The van der Waals surface area contributed by atoms with Crippen LogP contribution in [0.4, 0.5) is 10.5 Å². The fourth-order valence-electron chi connectivity index (χ4n) is 2.67. The Morgan fingerprint density at radius 1 is 1.18 bits per heavy atom. The summed E-state index contributed by atoms with van der Waals surface area (Å²) >= 11 is 0. The number of anilines is 1. The molecule has 6 nitrogen and oxygen atoms in total. The molecule has 2 aromatic carbocycles. The van der Waals surface area contributed by atoms with E-state index in [9.17, 15) is 4.79 Å². The summed E-state index contributed by atoms with van der Waals surface area (Å²) in [7, 11) is 0. The van der Waals surface area contributed by atoms with Crippen LogP contribution in [-0.2, 0) is 11.3 Å². The molecule has 0 spiro atoms. The molecule has 0 aliphatic heterocycles. The number of rotatable bonds is 4. The van der Waals surface area contributed by atoms with Crippen molar-refractivity contribution in [1.29, 1.82) is 5.26 Å². The molecule has 0 saturated carbocycles. The largest absolute Gasteiger partial charge is 0.443 e. The molecule has 1 amide bonds. The van der Waals surface area contributed by atoms with Crippen molar-refractivity contribution in [2.45, 2.75) is 32.9 Å². The SMILES string of the molecule is CC(C)(C)OC(=O)N(Cc1cccc(C#N)c1)c1cnn(-c2ccccc2)c1. The molecule has 3 rings (SSSR count). The molecule has 0 fully saturated rings. The van der Waals surface area contributed by atoms with Gasteiger partial charge in [0.25, 0.3) is 0 Å². The predicted molar refractivity (Wildman–Crippen MR) is 107 cm³/mol. The average molecular weight is 374 g/mol. The van der Waals surface area contributed by atoms with Crippen LogP contribution in [0.15, 0.2) is 67.0 Å². The Balaban J connectivity index is 1.93. The number of para-hydroxylation sites is 1. The van der Waals surface area contributed by atoms with E-state index in [1.54, 1.807) is 35.3 Å². The second kappa shape index (κ2) is 7.97. The van der Waals surface area contributed by atoms with E-state index in [0.29, 0.717) is 11.3 Å². The Morgan fingerprint density at radius 3 is 2.61 bits per heavy atom. The third-order valence-corrected chi connectivity index (χ3v) is 3.91. The number of hydrogen-bond acceptors (Lipinski definition) is 4. The third-order valence-electron chi connectivity index (χ3n) is 3.91. The maximum Gasteiger partial charge on any atom is 0.415 e. The Morgan fingerprint density at radius 2 is 1.93 bits per heavy atom. The van der Waals surface area contributed by atoms with Gasteiger partial charge in [0.05, 0.1) is 41.9 Å². The lowest BCUT2D eigenvalue weighted by molar-refractivity contribution is 0.0577. The molecule has 1 heterocycles. The number of amides is 1. The smallest absolute Gasteiger partial charge is 0.415 e. The van der Waals surface area contributed by atoms with Gasteiger partial charge in [0.2, 0.25) is 0 Å². The predicted octanol–water partition coefficient (Wildman–Crippen LogP) is 4.69. The number of ether oxygens (including phenoxy) is 1. The zero-order valence-electron chi connectivity index (χ0n) is 16.2. The van der Waals surface area contributed by atoms with E-state index >= 15 is 0 Å². The van der Waals surface area contributed by atoms with Gasteiger partial charge in [-0.1, -0.05) is 30.3 Å². The van der Waals surface area contributed by atoms with Gasteiger partial charge in [0.15, 0.2) is 0 Å². The van der Waals surface area contributed by atoms with E-state index in [4.69, 9.17) is 10.00 Å². The van der Waals surface area contributed by atoms with Crippen molar-refractivity contribution >= 4 is 11.8 Å². The normalized spacial score (nSPS) is 10.9. The number of carbonyl (C=O) groups excluding carboxylic acids is 1. The second-order valence-electron chi connectivity index (χ2n) is 7.36.